The summed E-state index contributed by atoms with van der Waals surface area (Å²) in [7, 11) is 0. The molecule has 0 aliphatic heterocycles. The van der Waals surface area contributed by atoms with Gasteiger partial charge in [0.2, 0.25) is 0 Å². The Hall–Kier alpha value is 1.48. The monoisotopic (exact) mass is 200 g/mol. The third-order valence-electron chi connectivity index (χ3n) is 1.18. The molecule has 0 aromatic heterocycles. The van der Waals surface area contributed by atoms with E-state index < -0.39 is 0 Å². The third-order valence-corrected chi connectivity index (χ3v) is 1.18. The molecule has 0 aliphatic carbocycles. The third kappa shape index (κ3) is 12.6. The number of hydrogen-bond donors (Lipinski definition) is 0. The summed E-state index contributed by atoms with van der Waals surface area (Å²) in [5, 5.41) is 0. The molecule has 0 rings (SSSR count). The van der Waals surface area contributed by atoms with Crippen molar-refractivity contribution in [2.24, 2.45) is 0 Å². The Bertz CT molecular complexity index is 59.6. The molecule has 0 aromatic rings. The Morgan fingerprint density at radius 3 is 2.44 bits per heavy atom. The summed E-state index contributed by atoms with van der Waals surface area (Å²) in [6, 6.07) is 0. The SMILES string of the molecule is CCCCCCC=O.[H-].[Rb+]. The van der Waals surface area contributed by atoms with E-state index in [1.807, 2.05) is 0 Å². The van der Waals surface area contributed by atoms with Crippen molar-refractivity contribution in [2.75, 3.05) is 0 Å². The minimum atomic E-state index is 0. The Morgan fingerprint density at radius 2 is 2.00 bits per heavy atom. The molecule has 1 nitrogen and oxygen atoms in total. The van der Waals surface area contributed by atoms with Gasteiger partial charge in [-0.3, -0.25) is 0 Å². The molecule has 0 saturated heterocycles. The molecular weight excluding hydrogens is 186 g/mol. The second-order valence-electron chi connectivity index (χ2n) is 2.02. The van der Waals surface area contributed by atoms with Crippen molar-refractivity contribution in [3.63, 3.8) is 0 Å². The average molecular weight is 201 g/mol. The Balaban J connectivity index is -0.000000245. The maximum atomic E-state index is 9.77. The Labute approximate surface area is 108 Å². The van der Waals surface area contributed by atoms with Crippen LogP contribution in [0.5, 0.6) is 0 Å². The van der Waals surface area contributed by atoms with Crippen molar-refractivity contribution < 1.29 is 64.4 Å². The maximum Gasteiger partial charge on any atom is 1.00 e. The number of carbonyl (C=O) groups is 1. The molecule has 0 heterocycles. The fraction of sp³-hybridized carbons (Fsp3) is 0.857. The van der Waals surface area contributed by atoms with Crippen LogP contribution in [0.15, 0.2) is 0 Å². The first-order valence-corrected chi connectivity index (χ1v) is 3.35. The normalized spacial score (nSPS) is 8.11. The largest absolute Gasteiger partial charge is 1.00 e. The van der Waals surface area contributed by atoms with Gasteiger partial charge in [-0.25, -0.2) is 0 Å². The maximum absolute atomic E-state index is 9.77. The molecule has 0 aromatic carbocycles. The zero-order valence-corrected chi connectivity index (χ0v) is 11.4. The molecule has 50 valence electrons. The molecule has 0 N–H and O–H groups in total. The van der Waals surface area contributed by atoms with E-state index in [2.05, 4.69) is 6.92 Å². The van der Waals surface area contributed by atoms with Gasteiger partial charge in [-0.15, -0.1) is 0 Å². The predicted molar refractivity (Wildman–Crippen MR) is 35.9 cm³/mol. The first-order chi connectivity index (χ1) is 3.91. The van der Waals surface area contributed by atoms with Crippen LogP contribution in [0.2, 0.25) is 0 Å². The van der Waals surface area contributed by atoms with Crippen LogP contribution >= 0.6 is 0 Å². The van der Waals surface area contributed by atoms with E-state index in [4.69, 9.17) is 0 Å². The molecule has 0 saturated carbocycles. The van der Waals surface area contributed by atoms with E-state index >= 15 is 0 Å². The standard InChI is InChI=1S/C7H14O.Rb.H/c1-2-3-4-5-6-7-8;;/h7H,2-6H2,1H3;;/q;+1;-1. The second-order valence-corrected chi connectivity index (χ2v) is 2.02. The van der Waals surface area contributed by atoms with Gasteiger partial charge in [0.05, 0.1) is 0 Å². The van der Waals surface area contributed by atoms with Crippen molar-refractivity contribution >= 4 is 6.29 Å². The summed E-state index contributed by atoms with van der Waals surface area (Å²) < 4.78 is 0. The predicted octanol–water partition coefficient (Wildman–Crippen LogP) is -0.728. The minimum absolute atomic E-state index is 0. The van der Waals surface area contributed by atoms with Gasteiger partial charge in [0.1, 0.15) is 6.29 Å². The first kappa shape index (κ1) is 13.1. The molecule has 0 unspecified atom stereocenters. The van der Waals surface area contributed by atoms with Crippen molar-refractivity contribution in [1.82, 2.24) is 0 Å². The van der Waals surface area contributed by atoms with Crippen molar-refractivity contribution in [3.05, 3.63) is 0 Å². The average Bonchev–Trinajstić information content (AvgIpc) is 1.81. The first-order valence-electron chi connectivity index (χ1n) is 3.35. The Kier molecular flexibility index (Phi) is 17.7. The summed E-state index contributed by atoms with van der Waals surface area (Å²) in [5.74, 6) is 0. The molecule has 0 spiro atoms. The summed E-state index contributed by atoms with van der Waals surface area (Å²) in [4.78, 5) is 9.77. The number of carbonyl (C=O) groups excluding carboxylic acids is 1. The molecule has 0 fully saturated rings. The van der Waals surface area contributed by atoms with Gasteiger partial charge in [0, 0.05) is 6.42 Å². The molecular formula is C7H15ORb. The van der Waals surface area contributed by atoms with Gasteiger partial charge >= 0.3 is 58.2 Å². The summed E-state index contributed by atoms with van der Waals surface area (Å²) in [6.07, 6.45) is 6.56. The van der Waals surface area contributed by atoms with E-state index in [-0.39, 0.29) is 59.6 Å². The molecule has 0 aliphatic rings. The molecule has 0 amide bonds. The topological polar surface area (TPSA) is 17.1 Å². The van der Waals surface area contributed by atoms with E-state index in [0.29, 0.717) is 0 Å². The molecule has 0 bridgehead atoms. The number of rotatable bonds is 5. The number of aldehydes is 1. The van der Waals surface area contributed by atoms with Gasteiger partial charge in [-0.2, -0.15) is 0 Å². The van der Waals surface area contributed by atoms with E-state index in [0.717, 1.165) is 19.1 Å². The van der Waals surface area contributed by atoms with Crippen LogP contribution in [0.25, 0.3) is 0 Å². The molecule has 0 atom stereocenters. The van der Waals surface area contributed by atoms with Crippen LogP contribution in [0.1, 0.15) is 40.5 Å². The van der Waals surface area contributed by atoms with E-state index in [9.17, 15) is 4.79 Å². The van der Waals surface area contributed by atoms with Gasteiger partial charge in [0.15, 0.2) is 0 Å². The van der Waals surface area contributed by atoms with E-state index in [1.165, 1.54) is 19.3 Å². The zero-order chi connectivity index (χ0) is 6.24. The molecule has 2 heteroatoms. The van der Waals surface area contributed by atoms with E-state index in [1.54, 1.807) is 0 Å². The van der Waals surface area contributed by atoms with Crippen LogP contribution in [-0.2, 0) is 4.79 Å². The van der Waals surface area contributed by atoms with Gasteiger partial charge < -0.3 is 6.22 Å². The fourth-order valence-corrected chi connectivity index (χ4v) is 0.654. The Morgan fingerprint density at radius 1 is 1.33 bits per heavy atom. The van der Waals surface area contributed by atoms with Crippen molar-refractivity contribution in [2.45, 2.75) is 39.0 Å². The summed E-state index contributed by atoms with van der Waals surface area (Å²) in [5.41, 5.74) is 0. The van der Waals surface area contributed by atoms with Crippen LogP contribution in [0, 0.1) is 0 Å². The van der Waals surface area contributed by atoms with Gasteiger partial charge in [0.25, 0.3) is 0 Å². The smallest absolute Gasteiger partial charge is 1.00 e. The molecule has 0 radical (unpaired) electrons. The summed E-state index contributed by atoms with van der Waals surface area (Å²) in [6.45, 7) is 2.17. The van der Waals surface area contributed by atoms with Gasteiger partial charge in [-0.05, 0) is 6.42 Å². The fourth-order valence-electron chi connectivity index (χ4n) is 0.654. The minimum Gasteiger partial charge on any atom is -1.00 e. The quantitative estimate of drug-likeness (QED) is 0.423. The number of unbranched alkanes of at least 4 members (excludes halogenated alkanes) is 4. The molecule has 9 heavy (non-hydrogen) atoms. The zero-order valence-electron chi connectivity index (χ0n) is 7.52. The van der Waals surface area contributed by atoms with Crippen LogP contribution < -0.4 is 58.2 Å². The summed E-state index contributed by atoms with van der Waals surface area (Å²) >= 11 is 0. The van der Waals surface area contributed by atoms with Crippen molar-refractivity contribution in [3.8, 4) is 0 Å². The second kappa shape index (κ2) is 12.2. The van der Waals surface area contributed by atoms with Crippen LogP contribution in [-0.4, -0.2) is 6.29 Å². The number of hydrogen-bond acceptors (Lipinski definition) is 1. The van der Waals surface area contributed by atoms with Crippen molar-refractivity contribution in [1.29, 1.82) is 0 Å². The van der Waals surface area contributed by atoms with Crippen LogP contribution in [0.3, 0.4) is 0 Å². The van der Waals surface area contributed by atoms with Gasteiger partial charge in [-0.1, -0.05) is 26.2 Å². The van der Waals surface area contributed by atoms with Crippen LogP contribution in [0.4, 0.5) is 0 Å².